The van der Waals surface area contributed by atoms with E-state index in [0.29, 0.717) is 16.7 Å². The van der Waals surface area contributed by atoms with E-state index in [1.165, 1.54) is 37.9 Å². The molecule has 7 atom stereocenters. The molecule has 0 saturated heterocycles. The van der Waals surface area contributed by atoms with Gasteiger partial charge in [0.2, 0.25) is 8.32 Å². The summed E-state index contributed by atoms with van der Waals surface area (Å²) in [5, 5.41) is 0. The first-order valence-corrected chi connectivity index (χ1v) is 19.7. The van der Waals surface area contributed by atoms with Crippen LogP contribution in [0.5, 0.6) is 0 Å². The Balaban J connectivity index is 1.66. The van der Waals surface area contributed by atoms with Gasteiger partial charge in [-0.2, -0.15) is 0 Å². The van der Waals surface area contributed by atoms with E-state index in [-0.39, 0.29) is 5.60 Å². The molecule has 4 heteroatoms. The predicted octanol–water partition coefficient (Wildman–Crippen LogP) is 8.15. The van der Waals surface area contributed by atoms with Crippen molar-refractivity contribution in [1.29, 1.82) is 0 Å². The van der Waals surface area contributed by atoms with Crippen molar-refractivity contribution >= 4 is 16.6 Å². The molecular weight excluding hydrogens is 412 g/mol. The Morgan fingerprint density at radius 3 is 2.13 bits per heavy atom. The van der Waals surface area contributed by atoms with Gasteiger partial charge in [-0.15, -0.1) is 0 Å². The van der Waals surface area contributed by atoms with Crippen LogP contribution in [0.3, 0.4) is 0 Å². The quantitative estimate of drug-likeness (QED) is 0.394. The standard InChI is InChI=1S/C27H48O2Si2/c1-19-17-20-18-21(28-30(5,6)7)11-14-25(20,2)22-12-15-26(3)23(24(19)22)13-16-27(26,4)29-31(8,9)10/h17-19,22-24H,11-16H2,1-10H3. The molecule has 0 aromatic carbocycles. The molecule has 0 spiro atoms. The second kappa shape index (κ2) is 7.33. The highest BCUT2D eigenvalue weighted by molar-refractivity contribution is 6.70. The van der Waals surface area contributed by atoms with Crippen molar-refractivity contribution in [2.75, 3.05) is 0 Å². The normalized spacial score (nSPS) is 45.2. The summed E-state index contributed by atoms with van der Waals surface area (Å²) in [4.78, 5) is 0. The van der Waals surface area contributed by atoms with Gasteiger partial charge in [0.1, 0.15) is 0 Å². The molecule has 7 unspecified atom stereocenters. The zero-order valence-corrected chi connectivity index (χ0v) is 24.0. The van der Waals surface area contributed by atoms with Gasteiger partial charge in [0.15, 0.2) is 8.32 Å². The van der Waals surface area contributed by atoms with Crippen LogP contribution < -0.4 is 0 Å². The van der Waals surface area contributed by atoms with Gasteiger partial charge in [-0.3, -0.25) is 0 Å². The summed E-state index contributed by atoms with van der Waals surface area (Å²) >= 11 is 0. The lowest BCUT2D eigenvalue weighted by atomic mass is 9.46. The zero-order valence-electron chi connectivity index (χ0n) is 22.0. The van der Waals surface area contributed by atoms with E-state index in [1.54, 1.807) is 5.57 Å². The molecule has 2 fully saturated rings. The molecule has 4 rings (SSSR count). The van der Waals surface area contributed by atoms with Crippen LogP contribution in [0.4, 0.5) is 0 Å². The van der Waals surface area contributed by atoms with Crippen LogP contribution in [0.2, 0.25) is 39.3 Å². The molecule has 0 aliphatic heterocycles. The molecule has 0 radical (unpaired) electrons. The molecule has 4 aliphatic rings. The summed E-state index contributed by atoms with van der Waals surface area (Å²) in [6.45, 7) is 24.2. The molecule has 0 N–H and O–H groups in total. The van der Waals surface area contributed by atoms with Crippen LogP contribution in [-0.4, -0.2) is 22.2 Å². The Morgan fingerprint density at radius 2 is 1.52 bits per heavy atom. The molecule has 0 bridgehead atoms. The fourth-order valence-electron chi connectivity index (χ4n) is 8.19. The highest BCUT2D eigenvalue weighted by Crippen LogP contribution is 2.68. The Hall–Kier alpha value is -0.326. The Morgan fingerprint density at radius 1 is 0.871 bits per heavy atom. The second-order valence-electron chi connectivity index (χ2n) is 14.0. The molecule has 176 valence electrons. The molecule has 2 nitrogen and oxygen atoms in total. The number of hydrogen-bond donors (Lipinski definition) is 0. The minimum atomic E-state index is -1.58. The average molecular weight is 461 g/mol. The first-order chi connectivity index (χ1) is 14.1. The second-order valence-corrected chi connectivity index (χ2v) is 22.8. The minimum absolute atomic E-state index is 0.0581. The predicted molar refractivity (Wildman–Crippen MR) is 137 cm³/mol. The average Bonchev–Trinajstić information content (AvgIpc) is 2.84. The summed E-state index contributed by atoms with van der Waals surface area (Å²) in [5.74, 6) is 4.30. The smallest absolute Gasteiger partial charge is 0.241 e. The fourth-order valence-corrected chi connectivity index (χ4v) is 10.8. The minimum Gasteiger partial charge on any atom is -0.547 e. The molecule has 0 aromatic heterocycles. The van der Waals surface area contributed by atoms with Gasteiger partial charge < -0.3 is 8.85 Å². The van der Waals surface area contributed by atoms with Gasteiger partial charge >= 0.3 is 0 Å². The zero-order chi connectivity index (χ0) is 23.0. The van der Waals surface area contributed by atoms with Crippen LogP contribution in [0.25, 0.3) is 0 Å². The summed E-state index contributed by atoms with van der Waals surface area (Å²) in [5.41, 5.74) is 2.29. The van der Waals surface area contributed by atoms with Crippen LogP contribution in [0.1, 0.15) is 66.2 Å². The topological polar surface area (TPSA) is 18.5 Å². The maximum atomic E-state index is 6.97. The maximum Gasteiger partial charge on any atom is 0.241 e. The number of rotatable bonds is 4. The van der Waals surface area contributed by atoms with Crippen LogP contribution in [0.15, 0.2) is 23.5 Å². The van der Waals surface area contributed by atoms with Crippen molar-refractivity contribution in [3.05, 3.63) is 23.5 Å². The van der Waals surface area contributed by atoms with Gasteiger partial charge in [0, 0.05) is 6.42 Å². The van der Waals surface area contributed by atoms with Crippen LogP contribution in [0, 0.1) is 34.5 Å². The van der Waals surface area contributed by atoms with Crippen molar-refractivity contribution in [1.82, 2.24) is 0 Å². The molecule has 0 aromatic rings. The van der Waals surface area contributed by atoms with E-state index in [1.807, 2.05) is 0 Å². The Labute approximate surface area is 194 Å². The van der Waals surface area contributed by atoms with Crippen molar-refractivity contribution < 1.29 is 8.85 Å². The molecule has 0 heterocycles. The van der Waals surface area contributed by atoms with Gasteiger partial charge in [-0.25, -0.2) is 0 Å². The van der Waals surface area contributed by atoms with Crippen LogP contribution >= 0.6 is 0 Å². The van der Waals surface area contributed by atoms with E-state index in [0.717, 1.165) is 24.2 Å². The number of allylic oxidation sites excluding steroid dienone is 4. The van der Waals surface area contributed by atoms with Gasteiger partial charge in [0.05, 0.1) is 11.4 Å². The van der Waals surface area contributed by atoms with Gasteiger partial charge in [-0.05, 0) is 124 Å². The molecule has 4 aliphatic carbocycles. The summed E-state index contributed by atoms with van der Waals surface area (Å²) in [7, 11) is -3.13. The van der Waals surface area contributed by atoms with Gasteiger partial charge in [-0.1, -0.05) is 26.8 Å². The van der Waals surface area contributed by atoms with E-state index in [4.69, 9.17) is 8.85 Å². The third-order valence-corrected chi connectivity index (χ3v) is 11.5. The van der Waals surface area contributed by atoms with Crippen molar-refractivity contribution in [2.24, 2.45) is 34.5 Å². The monoisotopic (exact) mass is 460 g/mol. The van der Waals surface area contributed by atoms with Gasteiger partial charge in [0.25, 0.3) is 0 Å². The van der Waals surface area contributed by atoms with Crippen molar-refractivity contribution in [2.45, 2.75) is 111 Å². The molecular formula is C27H48O2Si2. The first kappa shape index (κ1) is 23.8. The lowest BCUT2D eigenvalue weighted by molar-refractivity contribution is -0.111. The first-order valence-electron chi connectivity index (χ1n) is 12.9. The Kier molecular flexibility index (Phi) is 5.64. The fraction of sp³-hybridized carbons (Fsp3) is 0.852. The summed E-state index contributed by atoms with van der Waals surface area (Å²) in [6, 6.07) is 0. The molecule has 31 heavy (non-hydrogen) atoms. The molecule has 0 amide bonds. The third-order valence-electron chi connectivity index (χ3n) is 9.57. The van der Waals surface area contributed by atoms with E-state index < -0.39 is 16.6 Å². The van der Waals surface area contributed by atoms with Crippen LogP contribution in [-0.2, 0) is 8.85 Å². The highest BCUT2D eigenvalue weighted by Gasteiger charge is 2.64. The largest absolute Gasteiger partial charge is 0.547 e. The van der Waals surface area contributed by atoms with Crippen molar-refractivity contribution in [3.63, 3.8) is 0 Å². The Bertz CT molecular complexity index is 788. The SMILES string of the molecule is CC1C=C2C=C(O[Si](C)(C)C)CCC2(C)C2CCC3(C)C(CCC3(C)O[Si](C)(C)C)C12. The lowest BCUT2D eigenvalue weighted by Crippen LogP contribution is -2.57. The van der Waals surface area contributed by atoms with E-state index in [9.17, 15) is 0 Å². The summed E-state index contributed by atoms with van der Waals surface area (Å²) in [6.07, 6.45) is 12.8. The summed E-state index contributed by atoms with van der Waals surface area (Å²) < 4.78 is 13.4. The number of fused-ring (bicyclic) bond motifs is 5. The van der Waals surface area contributed by atoms with Crippen molar-refractivity contribution in [3.8, 4) is 0 Å². The van der Waals surface area contributed by atoms with E-state index >= 15 is 0 Å². The third kappa shape index (κ3) is 3.97. The number of hydrogen-bond acceptors (Lipinski definition) is 2. The lowest BCUT2D eigenvalue weighted by Gasteiger charge is -2.60. The highest BCUT2D eigenvalue weighted by atomic mass is 28.4. The molecule has 2 saturated carbocycles. The maximum absolute atomic E-state index is 6.97. The van der Waals surface area contributed by atoms with E-state index in [2.05, 4.69) is 79.1 Å².